The minimum absolute atomic E-state index is 0.00123. The molecule has 0 unspecified atom stereocenters. The van der Waals surface area contributed by atoms with E-state index in [9.17, 15) is 14.4 Å². The second kappa shape index (κ2) is 11.7. The largest absolute Gasteiger partial charge is 0.490 e. The summed E-state index contributed by atoms with van der Waals surface area (Å²) in [5.41, 5.74) is 0.924. The summed E-state index contributed by atoms with van der Waals surface area (Å²) in [6.07, 6.45) is 3.71. The van der Waals surface area contributed by atoms with Crippen LogP contribution >= 0.6 is 0 Å². The van der Waals surface area contributed by atoms with Crippen LogP contribution in [0.25, 0.3) is 0 Å². The molecule has 3 N–H and O–H groups in total. The van der Waals surface area contributed by atoms with Crippen LogP contribution in [0, 0.1) is 0 Å². The van der Waals surface area contributed by atoms with E-state index in [1.165, 1.54) is 12.8 Å². The van der Waals surface area contributed by atoms with Crippen LogP contribution in [0.15, 0.2) is 18.2 Å². The van der Waals surface area contributed by atoms with Crippen LogP contribution in [-0.2, 0) is 9.53 Å². The Morgan fingerprint density at radius 1 is 1.14 bits per heavy atom. The topological polar surface area (TPSA) is 112 Å². The molecule has 10 heteroatoms. The van der Waals surface area contributed by atoms with E-state index in [1.807, 2.05) is 6.92 Å². The van der Waals surface area contributed by atoms with Crippen molar-refractivity contribution >= 4 is 23.5 Å². The van der Waals surface area contributed by atoms with Crippen molar-refractivity contribution < 1.29 is 23.9 Å². The monoisotopic (exact) mass is 487 g/mol. The third kappa shape index (κ3) is 6.43. The second-order valence-corrected chi connectivity index (χ2v) is 9.47. The number of amides is 4. The highest BCUT2D eigenvalue weighted by molar-refractivity contribution is 5.99. The number of nitrogens with one attached hydrogen (secondary N) is 3. The van der Waals surface area contributed by atoms with E-state index in [4.69, 9.17) is 9.47 Å². The average molecular weight is 488 g/mol. The Morgan fingerprint density at radius 2 is 1.94 bits per heavy atom. The minimum atomic E-state index is -0.327. The van der Waals surface area contributed by atoms with Gasteiger partial charge in [0.05, 0.1) is 24.1 Å². The van der Waals surface area contributed by atoms with E-state index < -0.39 is 0 Å². The maximum absolute atomic E-state index is 13.3. The number of fused-ring (bicyclic) bond motifs is 2. The molecule has 0 aliphatic carbocycles. The Morgan fingerprint density at radius 3 is 2.71 bits per heavy atom. The standard InChI is InChI=1S/C25H37N5O5/c1-3-26-25(33)28-17-6-9-21-19(14-17)24(32)29(2)20-8-7-18(35-22(20)16-34-21)15-23(31)27-10-13-30-11-4-5-12-30/h6,9,14,18,20,22H,3-5,7-8,10-13,15-16H2,1-2H3,(H,27,31)(H2,26,28,33)/t18-,20-,22+/m0/s1. The number of likely N-dealkylation sites (N-methyl/N-ethyl adjacent to an activating group) is 1. The zero-order valence-corrected chi connectivity index (χ0v) is 20.7. The molecule has 10 nitrogen and oxygen atoms in total. The molecule has 3 aliphatic heterocycles. The molecule has 1 aromatic rings. The van der Waals surface area contributed by atoms with Gasteiger partial charge in [0, 0.05) is 32.4 Å². The average Bonchev–Trinajstić information content (AvgIpc) is 3.35. The van der Waals surface area contributed by atoms with Gasteiger partial charge in [-0.2, -0.15) is 0 Å². The van der Waals surface area contributed by atoms with Crippen LogP contribution in [0.2, 0.25) is 0 Å². The molecule has 0 radical (unpaired) electrons. The number of benzene rings is 1. The summed E-state index contributed by atoms with van der Waals surface area (Å²) in [7, 11) is 1.77. The van der Waals surface area contributed by atoms with Gasteiger partial charge in [0.25, 0.3) is 5.91 Å². The third-order valence-corrected chi connectivity index (χ3v) is 6.97. The van der Waals surface area contributed by atoms with Gasteiger partial charge in [-0.05, 0) is 63.9 Å². The smallest absolute Gasteiger partial charge is 0.319 e. The number of anilines is 1. The van der Waals surface area contributed by atoms with E-state index in [0.29, 0.717) is 42.9 Å². The Kier molecular flexibility index (Phi) is 8.46. The summed E-state index contributed by atoms with van der Waals surface area (Å²) in [6, 6.07) is 4.56. The summed E-state index contributed by atoms with van der Waals surface area (Å²) in [4.78, 5) is 41.7. The van der Waals surface area contributed by atoms with Gasteiger partial charge in [-0.3, -0.25) is 9.59 Å². The molecule has 2 saturated heterocycles. The van der Waals surface area contributed by atoms with Crippen molar-refractivity contribution in [2.75, 3.05) is 51.7 Å². The van der Waals surface area contributed by atoms with Crippen LogP contribution < -0.4 is 20.7 Å². The van der Waals surface area contributed by atoms with Crippen LogP contribution in [0.4, 0.5) is 10.5 Å². The van der Waals surface area contributed by atoms with Crippen molar-refractivity contribution in [2.45, 2.75) is 57.3 Å². The fraction of sp³-hybridized carbons (Fsp3) is 0.640. The van der Waals surface area contributed by atoms with Crippen molar-refractivity contribution in [3.8, 4) is 5.75 Å². The van der Waals surface area contributed by atoms with Gasteiger partial charge >= 0.3 is 6.03 Å². The Labute approximate surface area is 206 Å². The molecule has 4 amide bonds. The molecular formula is C25H37N5O5. The normalized spacial score (nSPS) is 24.5. The highest BCUT2D eigenvalue weighted by Gasteiger charge is 2.39. The lowest BCUT2D eigenvalue weighted by Gasteiger charge is -2.42. The van der Waals surface area contributed by atoms with E-state index in [0.717, 1.165) is 26.1 Å². The summed E-state index contributed by atoms with van der Waals surface area (Å²) < 4.78 is 12.3. The molecule has 1 aromatic carbocycles. The summed E-state index contributed by atoms with van der Waals surface area (Å²) in [5.74, 6) is 0.268. The zero-order chi connectivity index (χ0) is 24.8. The number of hydrogen-bond acceptors (Lipinski definition) is 6. The van der Waals surface area contributed by atoms with Crippen LogP contribution in [0.5, 0.6) is 5.75 Å². The van der Waals surface area contributed by atoms with Gasteiger partial charge in [0.1, 0.15) is 18.5 Å². The Balaban J connectivity index is 1.34. The molecule has 0 aromatic heterocycles. The van der Waals surface area contributed by atoms with E-state index in [-0.39, 0.29) is 42.7 Å². The minimum Gasteiger partial charge on any atom is -0.490 e. The predicted octanol–water partition coefficient (Wildman–Crippen LogP) is 1.81. The number of likely N-dealkylation sites (tertiary alicyclic amines) is 1. The molecular weight excluding hydrogens is 450 g/mol. The molecule has 0 bridgehead atoms. The third-order valence-electron chi connectivity index (χ3n) is 6.97. The second-order valence-electron chi connectivity index (χ2n) is 9.47. The van der Waals surface area contributed by atoms with Gasteiger partial charge in [-0.25, -0.2) is 4.79 Å². The Bertz CT molecular complexity index is 920. The lowest BCUT2D eigenvalue weighted by Crippen LogP contribution is -2.54. The molecule has 0 saturated carbocycles. The maximum Gasteiger partial charge on any atom is 0.319 e. The number of ether oxygens (including phenoxy) is 2. The Hall–Kier alpha value is -2.85. The van der Waals surface area contributed by atoms with Gasteiger partial charge in [0.15, 0.2) is 0 Å². The molecule has 192 valence electrons. The molecule has 3 atom stereocenters. The number of urea groups is 1. The first-order valence-electron chi connectivity index (χ1n) is 12.7. The highest BCUT2D eigenvalue weighted by Crippen LogP contribution is 2.32. The summed E-state index contributed by atoms with van der Waals surface area (Å²) >= 11 is 0. The molecule has 3 aliphatic rings. The first-order chi connectivity index (χ1) is 16.9. The van der Waals surface area contributed by atoms with Gasteiger partial charge in [-0.15, -0.1) is 0 Å². The van der Waals surface area contributed by atoms with Gasteiger partial charge in [-0.1, -0.05) is 0 Å². The quantitative estimate of drug-likeness (QED) is 0.541. The van der Waals surface area contributed by atoms with Crippen molar-refractivity contribution in [3.63, 3.8) is 0 Å². The maximum atomic E-state index is 13.3. The lowest BCUT2D eigenvalue weighted by atomic mass is 9.94. The molecule has 35 heavy (non-hydrogen) atoms. The first-order valence-corrected chi connectivity index (χ1v) is 12.7. The fourth-order valence-electron chi connectivity index (χ4n) is 5.08. The number of carbonyl (C=O) groups excluding carboxylic acids is 3. The predicted molar refractivity (Wildman–Crippen MR) is 132 cm³/mol. The molecule has 2 fully saturated rings. The van der Waals surface area contributed by atoms with E-state index in [2.05, 4.69) is 20.9 Å². The van der Waals surface area contributed by atoms with Crippen molar-refractivity contribution in [3.05, 3.63) is 23.8 Å². The number of carbonyl (C=O) groups is 3. The van der Waals surface area contributed by atoms with Crippen molar-refractivity contribution in [1.82, 2.24) is 20.4 Å². The number of rotatable bonds is 7. The fourth-order valence-corrected chi connectivity index (χ4v) is 5.08. The van der Waals surface area contributed by atoms with Crippen LogP contribution in [0.3, 0.4) is 0 Å². The summed E-state index contributed by atoms with van der Waals surface area (Å²) in [5, 5.41) is 8.42. The lowest BCUT2D eigenvalue weighted by molar-refractivity contribution is -0.134. The summed E-state index contributed by atoms with van der Waals surface area (Å²) in [6.45, 7) is 6.41. The van der Waals surface area contributed by atoms with Gasteiger partial charge in [0.2, 0.25) is 5.91 Å². The zero-order valence-electron chi connectivity index (χ0n) is 20.7. The number of hydrogen-bond donors (Lipinski definition) is 3. The van der Waals surface area contributed by atoms with E-state index in [1.54, 1.807) is 30.1 Å². The molecule has 0 spiro atoms. The highest BCUT2D eigenvalue weighted by atomic mass is 16.5. The molecule has 3 heterocycles. The first kappa shape index (κ1) is 25.2. The van der Waals surface area contributed by atoms with Gasteiger partial charge < -0.3 is 35.2 Å². The number of nitrogens with zero attached hydrogens (tertiary/aromatic N) is 2. The molecule has 4 rings (SSSR count). The van der Waals surface area contributed by atoms with Crippen molar-refractivity contribution in [2.24, 2.45) is 0 Å². The van der Waals surface area contributed by atoms with Crippen molar-refractivity contribution in [1.29, 1.82) is 0 Å². The van der Waals surface area contributed by atoms with Crippen LogP contribution in [0.1, 0.15) is 49.4 Å². The van der Waals surface area contributed by atoms with Crippen LogP contribution in [-0.4, -0.2) is 92.3 Å². The SMILES string of the molecule is CCNC(=O)Nc1ccc2c(c1)C(=O)N(C)[C@H]1CC[C@@H](CC(=O)NCCN3CCCC3)O[C@@H]1CO2. The van der Waals surface area contributed by atoms with E-state index >= 15 is 0 Å².